The minimum Gasteiger partial charge on any atom is -0.354 e. The predicted octanol–water partition coefficient (Wildman–Crippen LogP) is 2.31. The lowest BCUT2D eigenvalue weighted by molar-refractivity contribution is 0.0365. The number of hydrogen-bond acceptors (Lipinski definition) is 2. The molecule has 4 heteroatoms. The van der Waals surface area contributed by atoms with E-state index in [1.54, 1.807) is 0 Å². The van der Waals surface area contributed by atoms with Crippen LogP contribution in [0.3, 0.4) is 0 Å². The molecule has 0 aromatic rings. The second kappa shape index (κ2) is 7.30. The smallest absolute Gasteiger partial charge is 0.193 e. The Balaban J connectivity index is 2.02. The first kappa shape index (κ1) is 15.6. The average molecular weight is 280 g/mol. The van der Waals surface area contributed by atoms with E-state index in [-0.39, 0.29) is 0 Å². The summed E-state index contributed by atoms with van der Waals surface area (Å²) in [5.41, 5.74) is 0.380. The fourth-order valence-electron chi connectivity index (χ4n) is 3.86. The third-order valence-corrected chi connectivity index (χ3v) is 5.02. The number of rotatable bonds is 3. The molecule has 1 N–H and O–H groups in total. The highest BCUT2D eigenvalue weighted by Gasteiger charge is 2.38. The van der Waals surface area contributed by atoms with Crippen molar-refractivity contribution in [2.75, 3.05) is 40.8 Å². The lowest BCUT2D eigenvalue weighted by atomic mass is 9.79. The van der Waals surface area contributed by atoms with Gasteiger partial charge in [0.1, 0.15) is 0 Å². The summed E-state index contributed by atoms with van der Waals surface area (Å²) in [6.07, 6.45) is 11.1. The van der Waals surface area contributed by atoms with Crippen molar-refractivity contribution in [3.8, 4) is 0 Å². The largest absolute Gasteiger partial charge is 0.354 e. The molecule has 0 bridgehead atoms. The normalized spacial score (nSPS) is 24.4. The average Bonchev–Trinajstić information content (AvgIpc) is 2.49. The molecule has 1 saturated heterocycles. The summed E-state index contributed by atoms with van der Waals surface area (Å²) in [6, 6.07) is 0. The first-order valence-corrected chi connectivity index (χ1v) is 8.31. The standard InChI is InChI=1S/C16H32N4/c1-17-15(19(2)3)18-14-16(10-6-4-7-11-16)20-12-8-5-9-13-20/h4-14H2,1-3H3,(H,17,18). The Hall–Kier alpha value is -0.770. The molecule has 2 rings (SSSR count). The van der Waals surface area contributed by atoms with Crippen LogP contribution < -0.4 is 5.32 Å². The molecule has 1 aliphatic heterocycles. The third-order valence-electron chi connectivity index (χ3n) is 5.02. The molecule has 0 unspecified atom stereocenters. The molecule has 0 atom stereocenters. The number of piperidine rings is 1. The van der Waals surface area contributed by atoms with Crippen molar-refractivity contribution in [1.82, 2.24) is 15.1 Å². The van der Waals surface area contributed by atoms with E-state index in [1.807, 2.05) is 7.05 Å². The maximum Gasteiger partial charge on any atom is 0.193 e. The molecule has 0 spiro atoms. The predicted molar refractivity (Wildman–Crippen MR) is 86.3 cm³/mol. The van der Waals surface area contributed by atoms with E-state index < -0.39 is 0 Å². The van der Waals surface area contributed by atoms with Crippen LogP contribution in [-0.4, -0.2) is 62.1 Å². The van der Waals surface area contributed by atoms with Gasteiger partial charge < -0.3 is 10.2 Å². The molecule has 0 amide bonds. The summed E-state index contributed by atoms with van der Waals surface area (Å²) in [4.78, 5) is 9.22. The Bertz CT molecular complexity index is 312. The second-order valence-electron chi connectivity index (χ2n) is 6.63. The molecular formula is C16H32N4. The van der Waals surface area contributed by atoms with Crippen LogP contribution in [0.4, 0.5) is 0 Å². The van der Waals surface area contributed by atoms with Gasteiger partial charge in [0.25, 0.3) is 0 Å². The van der Waals surface area contributed by atoms with Crippen LogP contribution in [0.2, 0.25) is 0 Å². The van der Waals surface area contributed by atoms with Crippen molar-refractivity contribution in [2.24, 2.45) is 4.99 Å². The highest BCUT2D eigenvalue weighted by Crippen LogP contribution is 2.35. The number of aliphatic imine (C=N–C) groups is 1. The number of nitrogens with one attached hydrogen (secondary N) is 1. The van der Waals surface area contributed by atoms with Gasteiger partial charge in [-0.05, 0) is 38.8 Å². The van der Waals surface area contributed by atoms with Gasteiger partial charge in [-0.15, -0.1) is 0 Å². The van der Waals surface area contributed by atoms with E-state index in [0.29, 0.717) is 5.54 Å². The first-order valence-electron chi connectivity index (χ1n) is 8.31. The molecular weight excluding hydrogens is 248 g/mol. The van der Waals surface area contributed by atoms with E-state index in [9.17, 15) is 0 Å². The maximum absolute atomic E-state index is 4.36. The van der Waals surface area contributed by atoms with Gasteiger partial charge in [0, 0.05) is 33.2 Å². The summed E-state index contributed by atoms with van der Waals surface area (Å²) >= 11 is 0. The van der Waals surface area contributed by atoms with Crippen molar-refractivity contribution in [1.29, 1.82) is 0 Å². The van der Waals surface area contributed by atoms with E-state index in [4.69, 9.17) is 0 Å². The highest BCUT2D eigenvalue weighted by atomic mass is 15.3. The molecule has 1 heterocycles. The number of hydrogen-bond donors (Lipinski definition) is 1. The summed E-state index contributed by atoms with van der Waals surface area (Å²) in [6.45, 7) is 3.64. The van der Waals surface area contributed by atoms with Gasteiger partial charge >= 0.3 is 0 Å². The van der Waals surface area contributed by atoms with Crippen LogP contribution in [-0.2, 0) is 0 Å². The topological polar surface area (TPSA) is 30.9 Å². The van der Waals surface area contributed by atoms with Crippen molar-refractivity contribution in [2.45, 2.75) is 56.9 Å². The van der Waals surface area contributed by atoms with Crippen LogP contribution in [0.15, 0.2) is 4.99 Å². The Kier molecular flexibility index (Phi) is 5.70. The van der Waals surface area contributed by atoms with Crippen LogP contribution >= 0.6 is 0 Å². The molecule has 20 heavy (non-hydrogen) atoms. The SMILES string of the molecule is CN=C(NCC1(N2CCCCC2)CCCCC1)N(C)C. The van der Waals surface area contributed by atoms with Gasteiger partial charge in [-0.2, -0.15) is 0 Å². The molecule has 0 aromatic heterocycles. The highest BCUT2D eigenvalue weighted by molar-refractivity contribution is 5.79. The van der Waals surface area contributed by atoms with Crippen molar-refractivity contribution in [3.63, 3.8) is 0 Å². The zero-order valence-corrected chi connectivity index (χ0v) is 13.6. The van der Waals surface area contributed by atoms with Gasteiger partial charge in [0.15, 0.2) is 5.96 Å². The number of likely N-dealkylation sites (tertiary alicyclic amines) is 1. The first-order chi connectivity index (χ1) is 9.68. The van der Waals surface area contributed by atoms with Gasteiger partial charge in [0.05, 0.1) is 0 Å². The summed E-state index contributed by atoms with van der Waals surface area (Å²) in [7, 11) is 5.99. The second-order valence-corrected chi connectivity index (χ2v) is 6.63. The molecule has 2 fully saturated rings. The molecule has 116 valence electrons. The minimum atomic E-state index is 0.380. The zero-order valence-electron chi connectivity index (χ0n) is 13.6. The summed E-state index contributed by atoms with van der Waals surface area (Å²) in [5, 5.41) is 3.61. The lowest BCUT2D eigenvalue weighted by Gasteiger charge is -2.48. The fraction of sp³-hybridized carbons (Fsp3) is 0.938. The van der Waals surface area contributed by atoms with Crippen LogP contribution in [0.1, 0.15) is 51.4 Å². The van der Waals surface area contributed by atoms with Crippen LogP contribution in [0, 0.1) is 0 Å². The Morgan fingerprint density at radius 3 is 2.20 bits per heavy atom. The van der Waals surface area contributed by atoms with Gasteiger partial charge in [-0.25, -0.2) is 0 Å². The molecule has 1 aliphatic carbocycles. The third kappa shape index (κ3) is 3.66. The lowest BCUT2D eigenvalue weighted by Crippen LogP contribution is -2.59. The molecule has 0 radical (unpaired) electrons. The van der Waals surface area contributed by atoms with E-state index >= 15 is 0 Å². The maximum atomic E-state index is 4.36. The number of guanidine groups is 1. The van der Waals surface area contributed by atoms with E-state index in [2.05, 4.69) is 34.2 Å². The molecule has 2 aliphatic rings. The van der Waals surface area contributed by atoms with Crippen molar-refractivity contribution >= 4 is 5.96 Å². The Labute approximate surface area is 124 Å². The summed E-state index contributed by atoms with van der Waals surface area (Å²) in [5.74, 6) is 1.01. The van der Waals surface area contributed by atoms with E-state index in [0.717, 1.165) is 12.5 Å². The minimum absolute atomic E-state index is 0.380. The molecule has 0 aromatic carbocycles. The van der Waals surface area contributed by atoms with E-state index in [1.165, 1.54) is 64.5 Å². The quantitative estimate of drug-likeness (QED) is 0.636. The van der Waals surface area contributed by atoms with Gasteiger partial charge in [-0.1, -0.05) is 25.7 Å². The van der Waals surface area contributed by atoms with Gasteiger partial charge in [-0.3, -0.25) is 9.89 Å². The Morgan fingerprint density at radius 2 is 1.65 bits per heavy atom. The van der Waals surface area contributed by atoms with Gasteiger partial charge in [0.2, 0.25) is 0 Å². The fourth-order valence-corrected chi connectivity index (χ4v) is 3.86. The number of nitrogens with zero attached hydrogens (tertiary/aromatic N) is 3. The molecule has 4 nitrogen and oxygen atoms in total. The zero-order chi connectivity index (χ0) is 14.4. The van der Waals surface area contributed by atoms with Crippen molar-refractivity contribution in [3.05, 3.63) is 0 Å². The van der Waals surface area contributed by atoms with Crippen LogP contribution in [0.25, 0.3) is 0 Å². The Morgan fingerprint density at radius 1 is 1.05 bits per heavy atom. The molecule has 1 saturated carbocycles. The van der Waals surface area contributed by atoms with Crippen LogP contribution in [0.5, 0.6) is 0 Å². The monoisotopic (exact) mass is 280 g/mol. The summed E-state index contributed by atoms with van der Waals surface area (Å²) < 4.78 is 0. The van der Waals surface area contributed by atoms with Crippen molar-refractivity contribution < 1.29 is 0 Å².